The molecule has 0 unspecified atom stereocenters. The van der Waals surface area contributed by atoms with Gasteiger partial charge in [-0.15, -0.1) is 0 Å². The fourth-order valence-electron chi connectivity index (χ4n) is 3.21. The zero-order valence-electron chi connectivity index (χ0n) is 15.5. The standard InChI is InChI=1S/C20H25N3O3S/c1-2-20(24)21-18-8-10-19(11-9-18)27(25,26)23-14-12-22(13-15-23)16-17-6-4-3-5-7-17/h3-11H,2,12-16H2,1H3,(H,21,24)/p+1. The van der Waals surface area contributed by atoms with Crippen LogP contribution in [0.15, 0.2) is 59.5 Å². The number of amides is 1. The Morgan fingerprint density at radius 1 is 1.04 bits per heavy atom. The number of hydrogen-bond donors (Lipinski definition) is 2. The predicted molar refractivity (Wildman–Crippen MR) is 105 cm³/mol. The molecule has 1 amide bonds. The van der Waals surface area contributed by atoms with E-state index >= 15 is 0 Å². The summed E-state index contributed by atoms with van der Waals surface area (Å²) >= 11 is 0. The molecule has 2 aromatic rings. The van der Waals surface area contributed by atoms with Gasteiger partial charge in [0.05, 0.1) is 31.1 Å². The molecule has 0 saturated carbocycles. The highest BCUT2D eigenvalue weighted by Crippen LogP contribution is 2.18. The van der Waals surface area contributed by atoms with E-state index in [1.807, 2.05) is 18.2 Å². The Kier molecular flexibility index (Phi) is 6.26. The number of rotatable bonds is 6. The Balaban J connectivity index is 1.60. The minimum atomic E-state index is -3.50. The van der Waals surface area contributed by atoms with Gasteiger partial charge in [0, 0.05) is 17.7 Å². The third kappa shape index (κ3) is 4.94. The number of quaternary nitrogens is 1. The van der Waals surface area contributed by atoms with Gasteiger partial charge in [0.15, 0.2) is 0 Å². The molecular formula is C20H26N3O3S+. The van der Waals surface area contributed by atoms with E-state index in [2.05, 4.69) is 17.4 Å². The van der Waals surface area contributed by atoms with Crippen LogP contribution >= 0.6 is 0 Å². The first kappa shape index (κ1) is 19.5. The van der Waals surface area contributed by atoms with Crippen molar-refractivity contribution >= 4 is 21.6 Å². The molecule has 1 aliphatic rings. The smallest absolute Gasteiger partial charge is 0.243 e. The first-order valence-electron chi connectivity index (χ1n) is 9.26. The molecule has 0 bridgehead atoms. The molecule has 2 aromatic carbocycles. The summed E-state index contributed by atoms with van der Waals surface area (Å²) in [4.78, 5) is 13.1. The van der Waals surface area contributed by atoms with Crippen molar-refractivity contribution in [2.45, 2.75) is 24.8 Å². The summed E-state index contributed by atoms with van der Waals surface area (Å²) in [5.74, 6) is -0.0943. The van der Waals surface area contributed by atoms with Crippen LogP contribution in [0.1, 0.15) is 18.9 Å². The number of anilines is 1. The second-order valence-electron chi connectivity index (χ2n) is 6.74. The van der Waals surface area contributed by atoms with Crippen molar-refractivity contribution in [3.63, 3.8) is 0 Å². The second kappa shape index (κ2) is 8.65. The molecule has 0 atom stereocenters. The number of carbonyl (C=O) groups excluding carboxylic acids is 1. The number of piperazine rings is 1. The van der Waals surface area contributed by atoms with E-state index < -0.39 is 10.0 Å². The third-order valence-corrected chi connectivity index (χ3v) is 6.74. The molecular weight excluding hydrogens is 362 g/mol. The lowest BCUT2D eigenvalue weighted by atomic mass is 10.2. The highest BCUT2D eigenvalue weighted by atomic mass is 32.2. The summed E-state index contributed by atoms with van der Waals surface area (Å²) in [7, 11) is -3.50. The lowest BCUT2D eigenvalue weighted by Crippen LogP contribution is -3.13. The lowest BCUT2D eigenvalue weighted by Gasteiger charge is -2.31. The van der Waals surface area contributed by atoms with Gasteiger partial charge in [-0.25, -0.2) is 8.42 Å². The Morgan fingerprint density at radius 2 is 1.67 bits per heavy atom. The van der Waals surface area contributed by atoms with Crippen LogP contribution in [0.4, 0.5) is 5.69 Å². The molecule has 0 radical (unpaired) electrons. The van der Waals surface area contributed by atoms with Crippen molar-refractivity contribution in [3.8, 4) is 0 Å². The number of nitrogens with zero attached hydrogens (tertiary/aromatic N) is 1. The molecule has 1 fully saturated rings. The van der Waals surface area contributed by atoms with Gasteiger partial charge in [-0.1, -0.05) is 37.3 Å². The number of sulfonamides is 1. The molecule has 0 aromatic heterocycles. The Hall–Kier alpha value is -2.22. The third-order valence-electron chi connectivity index (χ3n) is 4.82. The second-order valence-corrected chi connectivity index (χ2v) is 8.68. The van der Waals surface area contributed by atoms with Crippen molar-refractivity contribution < 1.29 is 18.1 Å². The number of benzene rings is 2. The summed E-state index contributed by atoms with van der Waals surface area (Å²) in [6.45, 7) is 5.29. The average Bonchev–Trinajstić information content (AvgIpc) is 2.69. The van der Waals surface area contributed by atoms with Gasteiger partial charge in [0.25, 0.3) is 0 Å². The first-order chi connectivity index (χ1) is 13.0. The summed E-state index contributed by atoms with van der Waals surface area (Å²) in [6.07, 6.45) is 0.385. The molecule has 0 spiro atoms. The van der Waals surface area contributed by atoms with Gasteiger partial charge in [0.1, 0.15) is 6.54 Å². The summed E-state index contributed by atoms with van der Waals surface area (Å²) < 4.78 is 27.3. The van der Waals surface area contributed by atoms with E-state index in [1.165, 1.54) is 10.5 Å². The van der Waals surface area contributed by atoms with E-state index in [0.29, 0.717) is 25.2 Å². The number of carbonyl (C=O) groups is 1. The molecule has 1 aliphatic heterocycles. The normalized spacial score (nSPS) is 16.2. The summed E-state index contributed by atoms with van der Waals surface area (Å²) in [5, 5.41) is 2.73. The van der Waals surface area contributed by atoms with Crippen LogP contribution in [0, 0.1) is 0 Å². The molecule has 0 aliphatic carbocycles. The minimum absolute atomic E-state index is 0.0943. The zero-order chi connectivity index (χ0) is 19.3. The molecule has 1 heterocycles. The van der Waals surface area contributed by atoms with Crippen LogP contribution in [0.2, 0.25) is 0 Å². The highest BCUT2D eigenvalue weighted by Gasteiger charge is 2.30. The minimum Gasteiger partial charge on any atom is -0.329 e. The van der Waals surface area contributed by atoms with Gasteiger partial charge in [-0.2, -0.15) is 4.31 Å². The zero-order valence-corrected chi connectivity index (χ0v) is 16.3. The van der Waals surface area contributed by atoms with E-state index in [9.17, 15) is 13.2 Å². The molecule has 27 heavy (non-hydrogen) atoms. The maximum atomic E-state index is 12.9. The topological polar surface area (TPSA) is 70.9 Å². The van der Waals surface area contributed by atoms with E-state index in [-0.39, 0.29) is 10.8 Å². The van der Waals surface area contributed by atoms with Crippen LogP contribution in [-0.2, 0) is 21.4 Å². The van der Waals surface area contributed by atoms with Crippen LogP contribution in [0.3, 0.4) is 0 Å². The van der Waals surface area contributed by atoms with Gasteiger partial charge >= 0.3 is 0 Å². The van der Waals surface area contributed by atoms with Crippen LogP contribution in [0.5, 0.6) is 0 Å². The van der Waals surface area contributed by atoms with Crippen LogP contribution < -0.4 is 10.2 Å². The van der Waals surface area contributed by atoms with Gasteiger partial charge in [0.2, 0.25) is 15.9 Å². The van der Waals surface area contributed by atoms with E-state index in [0.717, 1.165) is 19.6 Å². The Morgan fingerprint density at radius 3 is 2.26 bits per heavy atom. The van der Waals surface area contributed by atoms with Crippen molar-refractivity contribution in [1.82, 2.24) is 4.31 Å². The van der Waals surface area contributed by atoms with Crippen LogP contribution in [0.25, 0.3) is 0 Å². The average molecular weight is 389 g/mol. The lowest BCUT2D eigenvalue weighted by molar-refractivity contribution is -0.917. The molecule has 7 heteroatoms. The quantitative estimate of drug-likeness (QED) is 0.779. The SMILES string of the molecule is CCC(=O)Nc1ccc(S(=O)(=O)N2CC[NH+](Cc3ccccc3)CC2)cc1. The van der Waals surface area contributed by atoms with Crippen molar-refractivity contribution in [3.05, 3.63) is 60.2 Å². The fraction of sp³-hybridized carbons (Fsp3) is 0.350. The van der Waals surface area contributed by atoms with Crippen molar-refractivity contribution in [2.75, 3.05) is 31.5 Å². The monoisotopic (exact) mass is 388 g/mol. The van der Waals surface area contributed by atoms with E-state index in [4.69, 9.17) is 0 Å². The van der Waals surface area contributed by atoms with Crippen molar-refractivity contribution in [1.29, 1.82) is 0 Å². The van der Waals surface area contributed by atoms with Gasteiger partial charge in [-0.3, -0.25) is 4.79 Å². The Bertz CT molecular complexity index is 859. The van der Waals surface area contributed by atoms with Crippen molar-refractivity contribution in [2.24, 2.45) is 0 Å². The van der Waals surface area contributed by atoms with Crippen LogP contribution in [-0.4, -0.2) is 44.8 Å². The maximum Gasteiger partial charge on any atom is 0.243 e. The maximum absolute atomic E-state index is 12.9. The molecule has 6 nitrogen and oxygen atoms in total. The molecule has 2 N–H and O–H groups in total. The van der Waals surface area contributed by atoms with E-state index in [1.54, 1.807) is 35.5 Å². The van der Waals surface area contributed by atoms with Gasteiger partial charge < -0.3 is 10.2 Å². The predicted octanol–water partition coefficient (Wildman–Crippen LogP) is 1.12. The first-order valence-corrected chi connectivity index (χ1v) is 10.7. The highest BCUT2D eigenvalue weighted by molar-refractivity contribution is 7.89. The molecule has 1 saturated heterocycles. The molecule has 3 rings (SSSR count). The fourth-order valence-corrected chi connectivity index (χ4v) is 4.65. The largest absolute Gasteiger partial charge is 0.329 e. The molecule has 144 valence electrons. The summed E-state index contributed by atoms with van der Waals surface area (Å²) in [5.41, 5.74) is 1.88. The Labute approximate surface area is 160 Å². The number of hydrogen-bond acceptors (Lipinski definition) is 3. The number of nitrogens with one attached hydrogen (secondary N) is 2. The van der Waals surface area contributed by atoms with Gasteiger partial charge in [-0.05, 0) is 24.3 Å². The summed E-state index contributed by atoms with van der Waals surface area (Å²) in [6, 6.07) is 16.7.